The number of nitrogens with zero attached hydrogens (tertiary/aromatic N) is 2. The second-order valence-electron chi connectivity index (χ2n) is 13.2. The molecule has 2 aliphatic heterocycles. The fourth-order valence-corrected chi connectivity index (χ4v) is 9.24. The molecule has 4 aromatic rings. The van der Waals surface area contributed by atoms with E-state index < -0.39 is 46.8 Å². The van der Waals surface area contributed by atoms with Crippen molar-refractivity contribution in [1.82, 2.24) is 0 Å². The molecule has 50 heavy (non-hydrogen) atoms. The van der Waals surface area contributed by atoms with Crippen LogP contribution < -0.4 is 19.3 Å². The Labute approximate surface area is 293 Å². The quantitative estimate of drug-likeness (QED) is 0.184. The van der Waals surface area contributed by atoms with E-state index in [0.29, 0.717) is 38.8 Å². The van der Waals surface area contributed by atoms with E-state index in [4.69, 9.17) is 21.1 Å². The van der Waals surface area contributed by atoms with Crippen LogP contribution in [0.3, 0.4) is 0 Å². The van der Waals surface area contributed by atoms with Gasteiger partial charge in [0.15, 0.2) is 0 Å². The van der Waals surface area contributed by atoms with Gasteiger partial charge in [-0.25, -0.2) is 4.90 Å². The third-order valence-corrected chi connectivity index (χ3v) is 11.3. The molecule has 252 valence electrons. The summed E-state index contributed by atoms with van der Waals surface area (Å²) in [5.41, 5.74) is 0.811. The number of anilines is 2. The number of hydrogen-bond acceptors (Lipinski definition) is 7. The van der Waals surface area contributed by atoms with Crippen LogP contribution in [0, 0.1) is 23.7 Å². The van der Waals surface area contributed by atoms with Crippen molar-refractivity contribution < 1.29 is 33.8 Å². The number of para-hydroxylation sites is 1. The van der Waals surface area contributed by atoms with E-state index in [2.05, 4.69) is 0 Å². The molecule has 0 radical (unpaired) electrons. The SMILES string of the molecule is COc1cc(O)c(C2C3=CCC4C(=O)N(c5ccccc5)C(=O)C4C3CC3C(=O)N(c4cccc(Cl)c4)C(=O)C32c2ccccc2)c(OC)c1. The summed E-state index contributed by atoms with van der Waals surface area (Å²) in [4.78, 5) is 61.2. The number of methoxy groups -OCH3 is 2. The van der Waals surface area contributed by atoms with Gasteiger partial charge in [0.1, 0.15) is 17.2 Å². The molecule has 10 heteroatoms. The first kappa shape index (κ1) is 31.8. The average molecular weight is 689 g/mol. The molecule has 9 nitrogen and oxygen atoms in total. The number of phenolic OH excluding ortho intramolecular Hbond substituents is 1. The van der Waals surface area contributed by atoms with E-state index in [-0.39, 0.29) is 36.2 Å². The minimum absolute atomic E-state index is 0.126. The first-order valence-corrected chi connectivity index (χ1v) is 16.9. The molecular formula is C40H33ClN2O7. The molecule has 4 aliphatic rings. The number of halogens is 1. The number of aromatic hydroxyl groups is 1. The highest BCUT2D eigenvalue weighted by Gasteiger charge is 2.71. The number of phenols is 1. The van der Waals surface area contributed by atoms with Crippen molar-refractivity contribution in [3.05, 3.63) is 125 Å². The highest BCUT2D eigenvalue weighted by molar-refractivity contribution is 6.32. The van der Waals surface area contributed by atoms with Crippen molar-refractivity contribution >= 4 is 46.6 Å². The molecule has 6 atom stereocenters. The summed E-state index contributed by atoms with van der Waals surface area (Å²) in [6, 6.07) is 27.6. The molecular weight excluding hydrogens is 656 g/mol. The Morgan fingerprint density at radius 2 is 1.46 bits per heavy atom. The molecule has 4 aromatic carbocycles. The van der Waals surface area contributed by atoms with E-state index in [0.717, 1.165) is 0 Å². The summed E-state index contributed by atoms with van der Waals surface area (Å²) in [5.74, 6) is -5.16. The third-order valence-electron chi connectivity index (χ3n) is 11.0. The summed E-state index contributed by atoms with van der Waals surface area (Å²) in [5, 5.41) is 12.2. The van der Waals surface area contributed by atoms with Crippen LogP contribution in [-0.4, -0.2) is 43.0 Å². The van der Waals surface area contributed by atoms with Crippen molar-refractivity contribution in [2.75, 3.05) is 24.0 Å². The number of allylic oxidation sites excluding steroid dienone is 2. The van der Waals surface area contributed by atoms with Gasteiger partial charge >= 0.3 is 0 Å². The number of ether oxygens (including phenoxy) is 2. The summed E-state index contributed by atoms with van der Waals surface area (Å²) in [6.07, 6.45) is 2.32. The minimum Gasteiger partial charge on any atom is -0.507 e. The first-order chi connectivity index (χ1) is 24.2. The monoisotopic (exact) mass is 688 g/mol. The number of rotatable bonds is 6. The molecule has 3 fully saturated rings. The molecule has 0 aromatic heterocycles. The lowest BCUT2D eigenvalue weighted by Crippen LogP contribution is -2.53. The summed E-state index contributed by atoms with van der Waals surface area (Å²) in [7, 11) is 2.94. The van der Waals surface area contributed by atoms with Gasteiger partial charge in [0, 0.05) is 28.6 Å². The zero-order chi connectivity index (χ0) is 34.9. The molecule has 2 saturated heterocycles. The third kappa shape index (κ3) is 4.39. The number of imide groups is 2. The van der Waals surface area contributed by atoms with Crippen molar-refractivity contribution in [1.29, 1.82) is 0 Å². The standard InChI is InChI=1S/C40H33ClN2O7/c1-49-26-19-31(44)34(32(20-26)50-2)35-27-16-17-28-33(38(47)42(36(28)45)24-13-7-4-8-14-24)29(27)21-30-37(46)43(25-15-9-12-23(41)18-25)39(48)40(30,35)22-10-5-3-6-11-22/h3-16,18-20,28-30,33,35,44H,17,21H2,1-2H3. The fraction of sp³-hybridized carbons (Fsp3) is 0.250. The zero-order valence-corrected chi connectivity index (χ0v) is 28.0. The largest absolute Gasteiger partial charge is 0.507 e. The lowest BCUT2D eigenvalue weighted by Gasteiger charge is -2.51. The normalized spacial score (nSPS) is 27.1. The molecule has 1 saturated carbocycles. The van der Waals surface area contributed by atoms with Gasteiger partial charge in [-0.1, -0.05) is 77.8 Å². The smallest absolute Gasteiger partial charge is 0.246 e. The summed E-state index contributed by atoms with van der Waals surface area (Å²) >= 11 is 6.40. The Bertz CT molecular complexity index is 2100. The lowest BCUT2D eigenvalue weighted by molar-refractivity contribution is -0.127. The van der Waals surface area contributed by atoms with Gasteiger partial charge in [-0.3, -0.25) is 24.1 Å². The van der Waals surface area contributed by atoms with Crippen LogP contribution >= 0.6 is 11.6 Å². The number of carbonyl (C=O) groups excluding carboxylic acids is 4. The summed E-state index contributed by atoms with van der Waals surface area (Å²) in [6.45, 7) is 0. The van der Waals surface area contributed by atoms with Crippen molar-refractivity contribution in [3.63, 3.8) is 0 Å². The van der Waals surface area contributed by atoms with E-state index >= 15 is 4.79 Å². The number of hydrogen-bond donors (Lipinski definition) is 1. The van der Waals surface area contributed by atoms with Gasteiger partial charge in [-0.15, -0.1) is 0 Å². The molecule has 1 N–H and O–H groups in total. The maximum absolute atomic E-state index is 15.4. The van der Waals surface area contributed by atoms with Crippen LogP contribution in [0.4, 0.5) is 11.4 Å². The predicted octanol–water partition coefficient (Wildman–Crippen LogP) is 6.43. The number of amides is 4. The van der Waals surface area contributed by atoms with E-state index in [1.165, 1.54) is 30.1 Å². The highest BCUT2D eigenvalue weighted by Crippen LogP contribution is 2.66. The average Bonchev–Trinajstić information content (AvgIpc) is 3.52. The van der Waals surface area contributed by atoms with Gasteiger partial charge in [0.05, 0.1) is 48.8 Å². The Morgan fingerprint density at radius 1 is 0.760 bits per heavy atom. The van der Waals surface area contributed by atoms with Crippen LogP contribution in [0.1, 0.15) is 29.9 Å². The van der Waals surface area contributed by atoms with E-state index in [9.17, 15) is 19.5 Å². The minimum atomic E-state index is -1.57. The first-order valence-electron chi connectivity index (χ1n) is 16.5. The molecule has 2 heterocycles. The fourth-order valence-electron chi connectivity index (χ4n) is 9.05. The van der Waals surface area contributed by atoms with Crippen molar-refractivity contribution in [2.24, 2.45) is 23.7 Å². The second kappa shape index (κ2) is 11.9. The Hall–Kier alpha value is -5.41. The van der Waals surface area contributed by atoms with Crippen LogP contribution in [0.15, 0.2) is 109 Å². The van der Waals surface area contributed by atoms with Crippen LogP contribution in [0.25, 0.3) is 0 Å². The predicted molar refractivity (Wildman–Crippen MR) is 186 cm³/mol. The van der Waals surface area contributed by atoms with Gasteiger partial charge in [-0.05, 0) is 54.7 Å². The topological polar surface area (TPSA) is 113 Å². The number of carbonyl (C=O) groups is 4. The van der Waals surface area contributed by atoms with Crippen LogP contribution in [0.5, 0.6) is 17.2 Å². The molecule has 4 amide bonds. The molecule has 8 rings (SSSR count). The van der Waals surface area contributed by atoms with Gasteiger partial charge in [0.25, 0.3) is 0 Å². The Kier molecular flexibility index (Phi) is 7.56. The Morgan fingerprint density at radius 3 is 2.14 bits per heavy atom. The Balaban J connectivity index is 1.40. The summed E-state index contributed by atoms with van der Waals surface area (Å²) < 4.78 is 11.4. The van der Waals surface area contributed by atoms with Crippen molar-refractivity contribution in [2.45, 2.75) is 24.2 Å². The highest BCUT2D eigenvalue weighted by atomic mass is 35.5. The van der Waals surface area contributed by atoms with E-state index in [1.807, 2.05) is 42.5 Å². The van der Waals surface area contributed by atoms with Gasteiger partial charge in [0.2, 0.25) is 23.6 Å². The maximum atomic E-state index is 15.4. The van der Waals surface area contributed by atoms with Gasteiger partial charge in [-0.2, -0.15) is 0 Å². The zero-order valence-electron chi connectivity index (χ0n) is 27.3. The number of benzene rings is 4. The molecule has 2 aliphatic carbocycles. The number of fused-ring (bicyclic) bond motifs is 4. The molecule has 0 bridgehead atoms. The van der Waals surface area contributed by atoms with Crippen molar-refractivity contribution in [3.8, 4) is 17.2 Å². The lowest BCUT2D eigenvalue weighted by atomic mass is 9.49. The molecule has 0 spiro atoms. The van der Waals surface area contributed by atoms with Crippen LogP contribution in [-0.2, 0) is 24.6 Å². The van der Waals surface area contributed by atoms with E-state index in [1.54, 1.807) is 54.6 Å². The van der Waals surface area contributed by atoms with Crippen LogP contribution in [0.2, 0.25) is 5.02 Å². The maximum Gasteiger partial charge on any atom is 0.246 e. The molecule has 6 unspecified atom stereocenters. The van der Waals surface area contributed by atoms with Gasteiger partial charge < -0.3 is 14.6 Å². The second-order valence-corrected chi connectivity index (χ2v) is 13.6.